The predicted octanol–water partition coefficient (Wildman–Crippen LogP) is 1.06. The molecule has 2 unspecified atom stereocenters. The quantitative estimate of drug-likeness (QED) is 0.866. The van der Waals surface area contributed by atoms with E-state index in [0.29, 0.717) is 5.92 Å². The third-order valence-electron chi connectivity index (χ3n) is 3.57. The van der Waals surface area contributed by atoms with Crippen molar-refractivity contribution >= 4 is 5.82 Å². The molecule has 1 aromatic heterocycles. The number of nitrogens with zero attached hydrogens (tertiary/aromatic N) is 3. The maximum Gasteiger partial charge on any atom is 0.147 e. The van der Waals surface area contributed by atoms with Gasteiger partial charge in [-0.3, -0.25) is 4.98 Å². The molecular formula is C13H22N4O. The van der Waals surface area contributed by atoms with Gasteiger partial charge in [-0.1, -0.05) is 6.92 Å². The Morgan fingerprint density at radius 2 is 2.28 bits per heavy atom. The van der Waals surface area contributed by atoms with Gasteiger partial charge in [0.05, 0.1) is 24.2 Å². The smallest absolute Gasteiger partial charge is 0.147 e. The van der Waals surface area contributed by atoms with Crippen LogP contribution in [0.3, 0.4) is 0 Å². The normalized spacial score (nSPS) is 24.3. The fourth-order valence-electron chi connectivity index (χ4n) is 2.33. The van der Waals surface area contributed by atoms with E-state index in [1.165, 1.54) is 0 Å². The minimum Gasteiger partial charge on any atom is -0.379 e. The molecule has 5 nitrogen and oxygen atoms in total. The van der Waals surface area contributed by atoms with Crippen LogP contribution in [0.15, 0.2) is 12.4 Å². The zero-order chi connectivity index (χ0) is 13.0. The molecule has 1 aliphatic heterocycles. The monoisotopic (exact) mass is 250 g/mol. The van der Waals surface area contributed by atoms with Gasteiger partial charge in [-0.25, -0.2) is 4.98 Å². The van der Waals surface area contributed by atoms with E-state index in [2.05, 4.69) is 27.1 Å². The van der Waals surface area contributed by atoms with Gasteiger partial charge in [-0.05, 0) is 19.4 Å². The molecule has 1 aliphatic rings. The number of aromatic nitrogens is 2. The molecule has 1 saturated heterocycles. The number of ether oxygens (including phenoxy) is 1. The molecule has 18 heavy (non-hydrogen) atoms. The van der Waals surface area contributed by atoms with Gasteiger partial charge < -0.3 is 15.0 Å². The summed E-state index contributed by atoms with van der Waals surface area (Å²) < 4.78 is 5.52. The first kappa shape index (κ1) is 13.2. The van der Waals surface area contributed by atoms with E-state index in [4.69, 9.17) is 4.74 Å². The second-order valence-corrected chi connectivity index (χ2v) is 4.88. The van der Waals surface area contributed by atoms with Crippen LogP contribution in [0.2, 0.25) is 0 Å². The van der Waals surface area contributed by atoms with Gasteiger partial charge in [0.2, 0.25) is 0 Å². The Morgan fingerprint density at radius 1 is 1.44 bits per heavy atom. The minimum absolute atomic E-state index is 0.289. The van der Waals surface area contributed by atoms with E-state index < -0.39 is 0 Å². The number of anilines is 1. The van der Waals surface area contributed by atoms with Crippen LogP contribution < -0.4 is 10.2 Å². The van der Waals surface area contributed by atoms with Gasteiger partial charge in [-0.2, -0.15) is 0 Å². The van der Waals surface area contributed by atoms with E-state index >= 15 is 0 Å². The number of methoxy groups -OCH3 is 1. The molecule has 0 aliphatic carbocycles. The van der Waals surface area contributed by atoms with E-state index in [1.54, 1.807) is 7.11 Å². The third kappa shape index (κ3) is 2.97. The summed E-state index contributed by atoms with van der Waals surface area (Å²) in [5.74, 6) is 1.56. The van der Waals surface area contributed by atoms with Gasteiger partial charge in [0.1, 0.15) is 5.82 Å². The number of piperidine rings is 1. The van der Waals surface area contributed by atoms with Crippen LogP contribution in [-0.4, -0.2) is 43.3 Å². The summed E-state index contributed by atoms with van der Waals surface area (Å²) >= 11 is 0. The van der Waals surface area contributed by atoms with Crippen LogP contribution in [-0.2, 0) is 11.3 Å². The van der Waals surface area contributed by atoms with Crippen molar-refractivity contribution in [3.05, 3.63) is 18.1 Å². The summed E-state index contributed by atoms with van der Waals surface area (Å²) in [5.41, 5.74) is 0.968. The summed E-state index contributed by atoms with van der Waals surface area (Å²) in [6.07, 6.45) is 5.12. The molecule has 0 amide bonds. The molecule has 2 atom stereocenters. The lowest BCUT2D eigenvalue weighted by Gasteiger charge is -2.36. The Balaban J connectivity index is 2.02. The fourth-order valence-corrected chi connectivity index (χ4v) is 2.33. The first-order chi connectivity index (χ1) is 8.74. The largest absolute Gasteiger partial charge is 0.379 e. The van der Waals surface area contributed by atoms with Crippen LogP contribution in [0, 0.1) is 5.92 Å². The molecule has 0 bridgehead atoms. The fraction of sp³-hybridized carbons (Fsp3) is 0.692. The van der Waals surface area contributed by atoms with Gasteiger partial charge in [0.25, 0.3) is 0 Å². The summed E-state index contributed by atoms with van der Waals surface area (Å²) in [5, 5.41) is 3.07. The molecular weight excluding hydrogens is 228 g/mol. The van der Waals surface area contributed by atoms with Crippen LogP contribution in [0.1, 0.15) is 19.0 Å². The summed E-state index contributed by atoms with van der Waals surface area (Å²) in [6, 6.07) is 0. The van der Waals surface area contributed by atoms with Crippen molar-refractivity contribution in [2.75, 3.05) is 32.1 Å². The highest BCUT2D eigenvalue weighted by Gasteiger charge is 2.26. The molecule has 5 heteroatoms. The van der Waals surface area contributed by atoms with Crippen molar-refractivity contribution < 1.29 is 4.74 Å². The lowest BCUT2D eigenvalue weighted by Crippen LogP contribution is -2.44. The number of hydrogen-bond acceptors (Lipinski definition) is 5. The van der Waals surface area contributed by atoms with Crippen molar-refractivity contribution in [2.24, 2.45) is 5.92 Å². The summed E-state index contributed by atoms with van der Waals surface area (Å²) in [4.78, 5) is 11.1. The predicted molar refractivity (Wildman–Crippen MR) is 71.6 cm³/mol. The average Bonchev–Trinajstić information content (AvgIpc) is 2.41. The van der Waals surface area contributed by atoms with Gasteiger partial charge >= 0.3 is 0 Å². The molecule has 1 aromatic rings. The van der Waals surface area contributed by atoms with E-state index in [0.717, 1.165) is 37.6 Å². The van der Waals surface area contributed by atoms with E-state index in [-0.39, 0.29) is 6.10 Å². The number of hydrogen-bond donors (Lipinski definition) is 1. The van der Waals surface area contributed by atoms with Crippen LogP contribution in [0.5, 0.6) is 0 Å². The lowest BCUT2D eigenvalue weighted by molar-refractivity contribution is 0.0496. The molecule has 0 radical (unpaired) electrons. The minimum atomic E-state index is 0.289. The van der Waals surface area contributed by atoms with Gasteiger partial charge in [0, 0.05) is 26.7 Å². The topological polar surface area (TPSA) is 50.3 Å². The SMILES string of the molecule is CNCc1cnc(N2CCC(C)C(OC)C2)cn1. The second-order valence-electron chi connectivity index (χ2n) is 4.88. The molecule has 1 N–H and O–H groups in total. The zero-order valence-electron chi connectivity index (χ0n) is 11.4. The molecule has 100 valence electrons. The molecule has 0 spiro atoms. The van der Waals surface area contributed by atoms with E-state index in [9.17, 15) is 0 Å². The average molecular weight is 250 g/mol. The first-order valence-corrected chi connectivity index (χ1v) is 6.48. The van der Waals surface area contributed by atoms with E-state index in [1.807, 2.05) is 19.4 Å². The molecule has 0 saturated carbocycles. The van der Waals surface area contributed by atoms with Gasteiger partial charge in [-0.15, -0.1) is 0 Å². The van der Waals surface area contributed by atoms with Gasteiger partial charge in [0.15, 0.2) is 0 Å². The van der Waals surface area contributed by atoms with Crippen molar-refractivity contribution in [1.29, 1.82) is 0 Å². The first-order valence-electron chi connectivity index (χ1n) is 6.48. The maximum absolute atomic E-state index is 5.52. The van der Waals surface area contributed by atoms with Crippen molar-refractivity contribution in [3.63, 3.8) is 0 Å². The summed E-state index contributed by atoms with van der Waals surface area (Å²) in [6.45, 7) is 4.93. The Kier molecular flexibility index (Phi) is 4.49. The Bertz CT molecular complexity index is 368. The van der Waals surface area contributed by atoms with Crippen molar-refractivity contribution in [2.45, 2.75) is 26.0 Å². The lowest BCUT2D eigenvalue weighted by atomic mass is 9.96. The molecule has 2 rings (SSSR count). The Hall–Kier alpha value is -1.20. The van der Waals surface area contributed by atoms with Crippen LogP contribution in [0.4, 0.5) is 5.82 Å². The number of rotatable bonds is 4. The second kappa shape index (κ2) is 6.11. The van der Waals surface area contributed by atoms with Crippen molar-refractivity contribution in [3.8, 4) is 0 Å². The Labute approximate surface area is 109 Å². The molecule has 0 aromatic carbocycles. The Morgan fingerprint density at radius 3 is 2.89 bits per heavy atom. The summed E-state index contributed by atoms with van der Waals surface area (Å²) in [7, 11) is 3.69. The van der Waals surface area contributed by atoms with Crippen LogP contribution in [0.25, 0.3) is 0 Å². The van der Waals surface area contributed by atoms with Crippen molar-refractivity contribution in [1.82, 2.24) is 15.3 Å². The number of nitrogens with one attached hydrogen (secondary N) is 1. The standard InChI is InChI=1S/C13H22N4O/c1-10-4-5-17(9-12(10)18-3)13-8-15-11(6-14-2)7-16-13/h7-8,10,12,14H,4-6,9H2,1-3H3. The highest BCUT2D eigenvalue weighted by atomic mass is 16.5. The highest BCUT2D eigenvalue weighted by Crippen LogP contribution is 2.22. The third-order valence-corrected chi connectivity index (χ3v) is 3.57. The van der Waals surface area contributed by atoms with Crippen LogP contribution >= 0.6 is 0 Å². The molecule has 1 fully saturated rings. The highest BCUT2D eigenvalue weighted by molar-refractivity contribution is 5.36. The zero-order valence-corrected chi connectivity index (χ0v) is 11.4. The maximum atomic E-state index is 5.52. The molecule has 2 heterocycles.